The lowest BCUT2D eigenvalue weighted by molar-refractivity contribution is -0.206. The molecule has 0 aromatic heterocycles. The van der Waals surface area contributed by atoms with Crippen LogP contribution in [0.25, 0.3) is 0 Å². The van der Waals surface area contributed by atoms with Gasteiger partial charge in [-0.05, 0) is 306 Å². The summed E-state index contributed by atoms with van der Waals surface area (Å²) in [7, 11) is 1.73. The van der Waals surface area contributed by atoms with Gasteiger partial charge in [0.1, 0.15) is 22.4 Å². The summed E-state index contributed by atoms with van der Waals surface area (Å²) >= 11 is 0. The Morgan fingerprint density at radius 2 is 0.882 bits per heavy atom. The van der Waals surface area contributed by atoms with E-state index in [9.17, 15) is 24.0 Å². The van der Waals surface area contributed by atoms with Gasteiger partial charge in [-0.2, -0.15) is 0 Å². The molecule has 496 valence electrons. The van der Waals surface area contributed by atoms with Gasteiger partial charge in [-0.3, -0.25) is 24.0 Å². The van der Waals surface area contributed by atoms with Gasteiger partial charge in [0.2, 0.25) is 0 Å². The summed E-state index contributed by atoms with van der Waals surface area (Å²) in [6.07, 6.45) is 30.8. The van der Waals surface area contributed by atoms with Crippen molar-refractivity contribution in [2.75, 3.05) is 20.3 Å². The maximum atomic E-state index is 12.6. The minimum Gasteiger partial charge on any atom is -0.459 e. The fourth-order valence-electron chi connectivity index (χ4n) is 14.3. The molecule has 0 radical (unpaired) electrons. The zero-order chi connectivity index (χ0) is 64.5. The van der Waals surface area contributed by atoms with Crippen LogP contribution in [0.4, 0.5) is 0 Å². The van der Waals surface area contributed by atoms with Crippen LogP contribution in [0.2, 0.25) is 0 Å². The van der Waals surface area contributed by atoms with Crippen LogP contribution in [0, 0.1) is 62.1 Å². The third-order valence-corrected chi connectivity index (χ3v) is 22.9. The van der Waals surface area contributed by atoms with Crippen molar-refractivity contribution < 1.29 is 57.1 Å². The van der Waals surface area contributed by atoms with Crippen LogP contribution in [0.3, 0.4) is 0 Å². The van der Waals surface area contributed by atoms with E-state index in [4.69, 9.17) is 33.2 Å². The number of hydrogen-bond donors (Lipinski definition) is 0. The molecule has 8 aliphatic rings. The Labute approximate surface area is 521 Å². The van der Waals surface area contributed by atoms with Crippen molar-refractivity contribution >= 4 is 29.8 Å². The quantitative estimate of drug-likeness (QED) is 0.0370. The van der Waals surface area contributed by atoms with E-state index in [-0.39, 0.29) is 79.3 Å². The number of fused-ring (bicyclic) bond motifs is 2. The average molecular weight is 1200 g/mol. The molecule has 8 saturated carbocycles. The zero-order valence-electron chi connectivity index (χ0n) is 59.1. The second-order valence-corrected chi connectivity index (χ2v) is 31.5. The number of ether oxygens (including phenoxy) is 7. The van der Waals surface area contributed by atoms with Crippen molar-refractivity contribution in [2.24, 2.45) is 62.1 Å². The Kier molecular flexibility index (Phi) is 29.1. The van der Waals surface area contributed by atoms with Crippen molar-refractivity contribution in [2.45, 2.75) is 354 Å². The van der Waals surface area contributed by atoms with Gasteiger partial charge < -0.3 is 33.2 Å². The van der Waals surface area contributed by atoms with Crippen molar-refractivity contribution in [1.29, 1.82) is 0 Å². The summed E-state index contributed by atoms with van der Waals surface area (Å²) < 4.78 is 39.1. The third-order valence-electron chi connectivity index (χ3n) is 22.9. The molecule has 0 aromatic rings. The molecule has 0 aliphatic heterocycles. The highest BCUT2D eigenvalue weighted by Crippen LogP contribution is 2.64. The standard InChI is InChI=1S/C19H32O2.C16H30O3.C15H26O2.C13H24O2.C10H20O3/c1-6-17(2,3)16(20)21-18(4,5)19-10-13-7-14(11-19)9-15(8-13)12-19;1-5-15(2,3)14(17)19-16(10-6-7-11-16)12-8-9-13-18-4;1-5-14(3,4)13(16)17-15(6-2)10-11-7-8-12(15)9-11;1-5-12(3,4)11(14)15-13(6-2)9-7-8-10-13;1-6-10(4,5)9(11)13-8(3)12-7-2/h13-15H,6-12H2,1-5H3;5-13H2,1-4H3;11-12H,5-10H2,1-4H3;5-10H2,1-4H3;8H,6-7H2,1-5H3. The van der Waals surface area contributed by atoms with Crippen LogP contribution in [-0.2, 0) is 57.1 Å². The summed E-state index contributed by atoms with van der Waals surface area (Å²) in [5.41, 5.74) is -2.29. The molecule has 0 heterocycles. The molecule has 12 nitrogen and oxygen atoms in total. The van der Waals surface area contributed by atoms with E-state index in [2.05, 4.69) is 41.5 Å². The molecule has 4 atom stereocenters. The summed E-state index contributed by atoms with van der Waals surface area (Å²) in [5, 5.41) is 0. The van der Waals surface area contributed by atoms with Gasteiger partial charge in [0.25, 0.3) is 0 Å². The van der Waals surface area contributed by atoms with E-state index in [1.165, 1.54) is 83.5 Å². The Morgan fingerprint density at radius 1 is 0.471 bits per heavy atom. The lowest BCUT2D eigenvalue weighted by Crippen LogP contribution is -2.58. The van der Waals surface area contributed by atoms with Gasteiger partial charge >= 0.3 is 29.8 Å². The van der Waals surface area contributed by atoms with E-state index in [1.54, 1.807) is 14.0 Å². The molecule has 0 N–H and O–H groups in total. The van der Waals surface area contributed by atoms with Gasteiger partial charge in [0.15, 0.2) is 6.29 Å². The Morgan fingerprint density at radius 3 is 1.26 bits per heavy atom. The Hall–Kier alpha value is -2.73. The normalized spacial score (nSPS) is 26.6. The SMILES string of the molecule is CCC(C)(C)C(=O)OC(C)(C)C12CC3CC(CC(C3)C1)C2.CCC(C)(C)C(=O)OC1(CC)CC2CCC1C2.CCC(C)(C)C(=O)OC1(CCCCOC)CCCC1.CCC1(OC(=O)C(C)(C)CC)CCCC1.CCOC(C)OC(=O)C(C)(C)CC. The summed E-state index contributed by atoms with van der Waals surface area (Å²) in [4.78, 5) is 60.6. The number of hydrogen-bond acceptors (Lipinski definition) is 12. The van der Waals surface area contributed by atoms with Crippen LogP contribution >= 0.6 is 0 Å². The molecular weight excluding hydrogens is 1070 g/mol. The Balaban J connectivity index is 0.000000281. The fraction of sp³-hybridized carbons (Fsp3) is 0.932. The molecule has 4 unspecified atom stereocenters. The van der Waals surface area contributed by atoms with Crippen LogP contribution in [0.1, 0.15) is 325 Å². The molecule has 0 spiro atoms. The highest BCUT2D eigenvalue weighted by Gasteiger charge is 2.59. The molecule has 8 rings (SSSR count). The van der Waals surface area contributed by atoms with Crippen molar-refractivity contribution in [3.8, 4) is 0 Å². The van der Waals surface area contributed by atoms with Gasteiger partial charge in [-0.1, -0.05) is 48.5 Å². The highest BCUT2D eigenvalue weighted by molar-refractivity contribution is 5.78. The summed E-state index contributed by atoms with van der Waals surface area (Å²) in [6.45, 7) is 43.4. The van der Waals surface area contributed by atoms with Gasteiger partial charge in [0.05, 0.1) is 27.1 Å². The molecule has 8 fully saturated rings. The molecule has 0 aromatic carbocycles. The highest BCUT2D eigenvalue weighted by atomic mass is 16.7. The van der Waals surface area contributed by atoms with E-state index in [0.717, 1.165) is 127 Å². The van der Waals surface area contributed by atoms with Crippen molar-refractivity contribution in [3.63, 3.8) is 0 Å². The van der Waals surface area contributed by atoms with Crippen LogP contribution < -0.4 is 0 Å². The molecule has 0 saturated heterocycles. The lowest BCUT2D eigenvalue weighted by Gasteiger charge is -2.61. The van der Waals surface area contributed by atoms with E-state index < -0.39 is 11.7 Å². The van der Waals surface area contributed by atoms with Crippen LogP contribution in [-0.4, -0.2) is 78.9 Å². The maximum absolute atomic E-state index is 12.6. The number of carbonyl (C=O) groups is 5. The molecular formula is C73H132O12. The monoisotopic (exact) mass is 1200 g/mol. The maximum Gasteiger partial charge on any atom is 0.313 e. The minimum atomic E-state index is -0.441. The first-order chi connectivity index (χ1) is 39.5. The smallest absolute Gasteiger partial charge is 0.313 e. The van der Waals surface area contributed by atoms with E-state index in [0.29, 0.717) is 12.5 Å². The lowest BCUT2D eigenvalue weighted by atomic mass is 9.46. The van der Waals surface area contributed by atoms with Crippen molar-refractivity contribution in [1.82, 2.24) is 0 Å². The first-order valence-electron chi connectivity index (χ1n) is 34.7. The third kappa shape index (κ3) is 20.9. The van der Waals surface area contributed by atoms with Crippen LogP contribution in [0.5, 0.6) is 0 Å². The summed E-state index contributed by atoms with van der Waals surface area (Å²) in [5.74, 6) is 3.90. The predicted molar refractivity (Wildman–Crippen MR) is 343 cm³/mol. The first kappa shape index (κ1) is 76.5. The molecule has 8 aliphatic carbocycles. The largest absolute Gasteiger partial charge is 0.459 e. The fourth-order valence-corrected chi connectivity index (χ4v) is 14.3. The second-order valence-electron chi connectivity index (χ2n) is 31.5. The zero-order valence-corrected chi connectivity index (χ0v) is 59.1. The number of unbranched alkanes of at least 4 members (excludes halogenated alkanes) is 1. The molecule has 12 heteroatoms. The number of esters is 5. The van der Waals surface area contributed by atoms with E-state index >= 15 is 0 Å². The molecule has 0 amide bonds. The number of methoxy groups -OCH3 is 1. The van der Waals surface area contributed by atoms with Crippen LogP contribution in [0.15, 0.2) is 0 Å². The van der Waals surface area contributed by atoms with Crippen molar-refractivity contribution in [3.05, 3.63) is 0 Å². The average Bonchev–Trinajstić information content (AvgIpc) is 3.34. The first-order valence-corrected chi connectivity index (χ1v) is 34.7. The van der Waals surface area contributed by atoms with Gasteiger partial charge in [-0.15, -0.1) is 0 Å². The minimum absolute atomic E-state index is 0.00857. The van der Waals surface area contributed by atoms with Gasteiger partial charge in [0, 0.05) is 25.7 Å². The summed E-state index contributed by atoms with van der Waals surface area (Å²) in [6, 6.07) is 0. The number of carbonyl (C=O) groups excluding carboxylic acids is 5. The predicted octanol–water partition coefficient (Wildman–Crippen LogP) is 19.0. The molecule has 85 heavy (non-hydrogen) atoms. The molecule has 6 bridgehead atoms. The Bertz CT molecular complexity index is 2030. The van der Waals surface area contributed by atoms with Gasteiger partial charge in [-0.25, -0.2) is 0 Å². The topological polar surface area (TPSA) is 150 Å². The second kappa shape index (κ2) is 32.3. The van der Waals surface area contributed by atoms with E-state index in [1.807, 2.05) is 96.9 Å². The number of rotatable bonds is 25.